The molecule has 0 aromatic rings. The van der Waals surface area contributed by atoms with E-state index in [-0.39, 0.29) is 0 Å². The minimum atomic E-state index is 0.577. The van der Waals surface area contributed by atoms with Crippen LogP contribution in [0, 0.1) is 0 Å². The fourth-order valence-corrected chi connectivity index (χ4v) is 1.20. The third-order valence-corrected chi connectivity index (χ3v) is 2.31. The molecule has 0 fully saturated rings. The van der Waals surface area contributed by atoms with Crippen LogP contribution in [-0.2, 0) is 0 Å². The van der Waals surface area contributed by atoms with Crippen molar-refractivity contribution in [1.29, 1.82) is 0 Å². The van der Waals surface area contributed by atoms with E-state index in [1.165, 1.54) is 0 Å². The molecule has 0 N–H and O–H groups in total. The van der Waals surface area contributed by atoms with Gasteiger partial charge in [0.25, 0.3) is 0 Å². The second-order valence-corrected chi connectivity index (χ2v) is 3.77. The van der Waals surface area contributed by atoms with Gasteiger partial charge >= 0.3 is 0 Å². The molecule has 1 aliphatic rings. The monoisotopic (exact) mass is 212 g/mol. The number of hydrogen-bond acceptors (Lipinski definition) is 2. The predicted octanol–water partition coefficient (Wildman–Crippen LogP) is 2.05. The molecule has 0 saturated heterocycles. The minimum Gasteiger partial charge on any atom is -0.331 e. The number of aliphatic imine (C=N–C) groups is 1. The van der Waals surface area contributed by atoms with Gasteiger partial charge in [-0.3, -0.25) is 4.99 Å². The summed E-state index contributed by atoms with van der Waals surface area (Å²) in [5.74, 6) is 0. The van der Waals surface area contributed by atoms with Gasteiger partial charge in [0.05, 0.1) is 6.54 Å². The van der Waals surface area contributed by atoms with E-state index >= 15 is 0 Å². The zero-order valence-electron chi connectivity index (χ0n) is 7.47. The maximum absolute atomic E-state index is 4.96. The fourth-order valence-electron chi connectivity index (χ4n) is 0.984. The van der Waals surface area contributed by atoms with E-state index in [0.29, 0.717) is 4.32 Å². The predicted molar refractivity (Wildman–Crippen MR) is 64.5 cm³/mol. The standard InChI is InChI=1S/C9H12N2S2/c1-11(9(12)13)8-4-2-6-10-7-3-5-8/h2,4-5,7H,3,6H2,1H3,(H,12,13)/b4-2-,8-5?,10-7-. The molecule has 4 heteroatoms. The Balaban J connectivity index is 2.77. The minimum absolute atomic E-state index is 0.577. The Kier molecular flexibility index (Phi) is 4.18. The van der Waals surface area contributed by atoms with Crippen LogP contribution in [-0.4, -0.2) is 29.0 Å². The maximum Gasteiger partial charge on any atom is 0.137 e. The quantitative estimate of drug-likeness (QED) is 0.529. The van der Waals surface area contributed by atoms with E-state index in [4.69, 9.17) is 12.2 Å². The summed E-state index contributed by atoms with van der Waals surface area (Å²) in [6, 6.07) is 0. The Morgan fingerprint density at radius 3 is 3.15 bits per heavy atom. The highest BCUT2D eigenvalue weighted by atomic mass is 32.1. The van der Waals surface area contributed by atoms with E-state index in [1.54, 1.807) is 0 Å². The molecule has 0 spiro atoms. The summed E-state index contributed by atoms with van der Waals surface area (Å²) in [5.41, 5.74) is 1.08. The third kappa shape index (κ3) is 3.32. The lowest BCUT2D eigenvalue weighted by molar-refractivity contribution is 0.669. The van der Waals surface area contributed by atoms with Crippen molar-refractivity contribution in [3.05, 3.63) is 23.9 Å². The number of nitrogens with zero attached hydrogens (tertiary/aromatic N) is 2. The van der Waals surface area contributed by atoms with Crippen LogP contribution in [0.5, 0.6) is 0 Å². The van der Waals surface area contributed by atoms with Gasteiger partial charge in [0.1, 0.15) is 4.32 Å². The molecule has 0 atom stereocenters. The highest BCUT2D eigenvalue weighted by Crippen LogP contribution is 2.09. The molecular formula is C9H12N2S2. The molecule has 0 saturated carbocycles. The second-order valence-electron chi connectivity index (χ2n) is 2.66. The molecule has 0 amide bonds. The van der Waals surface area contributed by atoms with Crippen LogP contribution in [0.15, 0.2) is 28.9 Å². The number of likely N-dealkylation sites (N-methyl/N-ethyl adjacent to an activating group) is 1. The van der Waals surface area contributed by atoms with Gasteiger partial charge in [0, 0.05) is 25.4 Å². The number of rotatable bonds is 1. The van der Waals surface area contributed by atoms with Crippen molar-refractivity contribution in [1.82, 2.24) is 4.90 Å². The van der Waals surface area contributed by atoms with Gasteiger partial charge in [-0.25, -0.2) is 0 Å². The van der Waals surface area contributed by atoms with Crippen molar-refractivity contribution in [2.24, 2.45) is 4.99 Å². The summed E-state index contributed by atoms with van der Waals surface area (Å²) < 4.78 is 0.577. The first-order chi connectivity index (χ1) is 6.22. The van der Waals surface area contributed by atoms with Crippen LogP contribution < -0.4 is 0 Å². The summed E-state index contributed by atoms with van der Waals surface area (Å²) in [4.78, 5) is 6.01. The highest BCUT2D eigenvalue weighted by molar-refractivity contribution is 8.10. The Morgan fingerprint density at radius 1 is 1.69 bits per heavy atom. The molecule has 0 aromatic heterocycles. The largest absolute Gasteiger partial charge is 0.331 e. The lowest BCUT2D eigenvalue weighted by Gasteiger charge is -2.18. The third-order valence-electron chi connectivity index (χ3n) is 1.74. The zero-order valence-corrected chi connectivity index (χ0v) is 9.18. The van der Waals surface area contributed by atoms with E-state index in [9.17, 15) is 0 Å². The maximum atomic E-state index is 4.96. The molecule has 0 aliphatic carbocycles. The van der Waals surface area contributed by atoms with Crippen molar-refractivity contribution in [3.63, 3.8) is 0 Å². The van der Waals surface area contributed by atoms with E-state index in [2.05, 4.69) is 23.7 Å². The first-order valence-electron chi connectivity index (χ1n) is 4.03. The van der Waals surface area contributed by atoms with Gasteiger partial charge in [-0.05, 0) is 6.08 Å². The summed E-state index contributed by atoms with van der Waals surface area (Å²) in [5, 5.41) is 0. The average molecular weight is 212 g/mol. The zero-order chi connectivity index (χ0) is 9.68. The van der Waals surface area contributed by atoms with Crippen molar-refractivity contribution < 1.29 is 0 Å². The average Bonchev–Trinajstić information content (AvgIpc) is 2.02. The Hall–Kier alpha value is -0.610. The van der Waals surface area contributed by atoms with E-state index < -0.39 is 0 Å². The normalized spacial score (nSPS) is 20.9. The molecule has 13 heavy (non-hydrogen) atoms. The van der Waals surface area contributed by atoms with Crippen LogP contribution in [0.25, 0.3) is 0 Å². The number of allylic oxidation sites excluding steroid dienone is 2. The highest BCUT2D eigenvalue weighted by Gasteiger charge is 2.03. The van der Waals surface area contributed by atoms with E-state index in [0.717, 1.165) is 18.7 Å². The second kappa shape index (κ2) is 5.19. The molecule has 0 unspecified atom stereocenters. The SMILES string of the molecule is CN(C(=S)S)C1=CC/C=N\C/C=C\1. The van der Waals surface area contributed by atoms with Crippen LogP contribution in [0.4, 0.5) is 0 Å². The van der Waals surface area contributed by atoms with Gasteiger partial charge < -0.3 is 4.90 Å². The summed E-state index contributed by atoms with van der Waals surface area (Å²) in [6.45, 7) is 0.741. The molecule has 0 bridgehead atoms. The lowest BCUT2D eigenvalue weighted by Crippen LogP contribution is -2.19. The Labute approximate surface area is 89.4 Å². The van der Waals surface area contributed by atoms with Gasteiger partial charge in [-0.15, -0.1) is 12.6 Å². The van der Waals surface area contributed by atoms with Crippen molar-refractivity contribution in [2.75, 3.05) is 13.6 Å². The van der Waals surface area contributed by atoms with Gasteiger partial charge in [-0.2, -0.15) is 0 Å². The molecule has 0 radical (unpaired) electrons. The summed E-state index contributed by atoms with van der Waals surface area (Å²) in [6.07, 6.45) is 8.84. The van der Waals surface area contributed by atoms with Gasteiger partial charge in [0.2, 0.25) is 0 Å². The topological polar surface area (TPSA) is 15.6 Å². The lowest BCUT2D eigenvalue weighted by atomic mass is 10.2. The van der Waals surface area contributed by atoms with E-state index in [1.807, 2.05) is 30.3 Å². The van der Waals surface area contributed by atoms with Crippen molar-refractivity contribution in [3.8, 4) is 0 Å². The summed E-state index contributed by atoms with van der Waals surface area (Å²) >= 11 is 9.07. The van der Waals surface area contributed by atoms with Crippen LogP contribution in [0.3, 0.4) is 0 Å². The number of thiocarbonyl (C=S) groups is 1. The van der Waals surface area contributed by atoms with Crippen molar-refractivity contribution >= 4 is 35.4 Å². The molecule has 1 heterocycles. The van der Waals surface area contributed by atoms with Crippen molar-refractivity contribution in [2.45, 2.75) is 6.42 Å². The Bertz CT molecular complexity index is 279. The molecule has 1 aliphatic heterocycles. The van der Waals surface area contributed by atoms with Gasteiger partial charge in [0.15, 0.2) is 0 Å². The number of thiol groups is 1. The first-order valence-corrected chi connectivity index (χ1v) is 4.89. The van der Waals surface area contributed by atoms with Gasteiger partial charge in [-0.1, -0.05) is 24.4 Å². The van der Waals surface area contributed by atoms with Crippen LogP contribution >= 0.6 is 24.8 Å². The van der Waals surface area contributed by atoms with Crippen LogP contribution in [0.2, 0.25) is 0 Å². The fraction of sp³-hybridized carbons (Fsp3) is 0.333. The summed E-state index contributed by atoms with van der Waals surface area (Å²) in [7, 11) is 1.91. The molecule has 0 aromatic carbocycles. The molecule has 2 nitrogen and oxygen atoms in total. The molecule has 70 valence electrons. The molecular weight excluding hydrogens is 200 g/mol. The Morgan fingerprint density at radius 2 is 2.46 bits per heavy atom. The number of hydrogen-bond donors (Lipinski definition) is 1. The first kappa shape index (κ1) is 10.5. The smallest absolute Gasteiger partial charge is 0.137 e. The van der Waals surface area contributed by atoms with Crippen LogP contribution in [0.1, 0.15) is 6.42 Å². The molecule has 1 rings (SSSR count).